The Balaban J connectivity index is 0.000000531. The predicted molar refractivity (Wildman–Crippen MR) is 362 cm³/mol. The number of hydrogen-bond donors (Lipinski definition) is 0. The summed E-state index contributed by atoms with van der Waals surface area (Å²) < 4.78 is 42.4. The predicted octanol–water partition coefficient (Wildman–Crippen LogP) is 17.2. The van der Waals surface area contributed by atoms with Crippen molar-refractivity contribution < 1.29 is 71.5 Å². The van der Waals surface area contributed by atoms with Gasteiger partial charge < -0.3 is 37.9 Å². The lowest BCUT2D eigenvalue weighted by atomic mass is 10.1. The molecule has 1 unspecified atom stereocenters. The van der Waals surface area contributed by atoms with Crippen LogP contribution in [0.2, 0.25) is 20.1 Å². The van der Waals surface area contributed by atoms with Gasteiger partial charge in [0.25, 0.3) is 0 Å². The van der Waals surface area contributed by atoms with Gasteiger partial charge in [-0.25, -0.2) is 0 Å². The Hall–Kier alpha value is -8.21. The highest BCUT2D eigenvalue weighted by Gasteiger charge is 2.28. The standard InChI is InChI=1S/3C11H13ClO2.C10H12O3.2C10H12O2.C9H9ClO2/c1-8(13)11(2,3)14-10-6-4-9(12)5-7-10;1-8(13)11(2,3)14-10-6-4-5-9(12)7-10;1-8(13)11(2,3)14-10-7-5-4-6-9(10)12;1-8(11)7-13-10-6-4-3-5-9(10)12-2;1-8-4-3-5-10(6-8)12-7-9(2)11;1-8(11)9(2)12-10-6-4-3-5-7-10;1-7(11)6-12-9-4-2-8(10)3-5-9/h3*4-7H,1-3H3;3-6H,7H2,1-2H3;3-6H,7H2,1-2H3;3-7,9H,1-2H3;2-5H,6H2,1H3. The lowest BCUT2D eigenvalue weighted by molar-refractivity contribution is -0.130. The van der Waals surface area contributed by atoms with Crippen molar-refractivity contribution in [3.63, 3.8) is 0 Å². The van der Waals surface area contributed by atoms with Crippen LogP contribution in [0.25, 0.3) is 0 Å². The molecule has 0 saturated heterocycles. The third kappa shape index (κ3) is 36.3. The van der Waals surface area contributed by atoms with E-state index in [1.54, 1.807) is 153 Å². The van der Waals surface area contributed by atoms with Crippen molar-refractivity contribution >= 4 is 86.9 Å². The summed E-state index contributed by atoms with van der Waals surface area (Å²) in [6.07, 6.45) is -0.354. The summed E-state index contributed by atoms with van der Waals surface area (Å²) in [4.78, 5) is 76.2. The highest BCUT2D eigenvalue weighted by Crippen LogP contribution is 2.29. The number of ketones is 7. The van der Waals surface area contributed by atoms with Gasteiger partial charge in [-0.05, 0) is 225 Å². The van der Waals surface area contributed by atoms with Gasteiger partial charge in [-0.3, -0.25) is 33.6 Å². The number of Topliss-reactive ketones (excluding diaryl/α,β-unsaturated/α-hetero) is 7. The number of ether oxygens (including phenoxy) is 8. The highest BCUT2D eigenvalue weighted by atomic mass is 35.5. The molecule has 0 saturated carbocycles. The number of carbonyl (C=O) groups excluding carboxylic acids is 7. The molecule has 0 radical (unpaired) electrons. The second-order valence-corrected chi connectivity index (χ2v) is 23.1. The van der Waals surface area contributed by atoms with E-state index in [0.29, 0.717) is 54.6 Å². The van der Waals surface area contributed by atoms with Gasteiger partial charge in [-0.1, -0.05) is 107 Å². The van der Waals surface area contributed by atoms with Crippen molar-refractivity contribution in [1.82, 2.24) is 0 Å². The lowest BCUT2D eigenvalue weighted by Crippen LogP contribution is -2.36. The number of para-hydroxylation sites is 4. The average molecular weight is 1330 g/mol. The summed E-state index contributed by atoms with van der Waals surface area (Å²) in [6, 6.07) is 52.2. The molecule has 1 atom stereocenters. The molecule has 15 nitrogen and oxygen atoms in total. The smallest absolute Gasteiger partial charge is 0.172 e. The van der Waals surface area contributed by atoms with Crippen LogP contribution in [0, 0.1) is 6.92 Å². The molecule has 0 aromatic heterocycles. The Labute approximate surface area is 556 Å². The van der Waals surface area contributed by atoms with Gasteiger partial charge in [0, 0.05) is 15.1 Å². The van der Waals surface area contributed by atoms with Crippen LogP contribution in [-0.4, -0.2) is 90.3 Å². The second kappa shape index (κ2) is 42.0. The van der Waals surface area contributed by atoms with Gasteiger partial charge in [0.2, 0.25) is 0 Å². The first-order valence-electron chi connectivity index (χ1n) is 28.5. The van der Waals surface area contributed by atoms with Crippen molar-refractivity contribution in [2.24, 2.45) is 0 Å². The SMILES string of the molecule is CC(=O)C(C)(C)Oc1ccc(Cl)cc1.CC(=O)C(C)(C)Oc1cccc(Cl)c1.CC(=O)C(C)(C)Oc1ccccc1Cl.CC(=O)C(C)Oc1ccccc1.CC(=O)COc1ccc(Cl)cc1.CC(=O)COc1cccc(C)c1.COc1ccccc1OCC(C)=O. The van der Waals surface area contributed by atoms with Gasteiger partial charge in [0.05, 0.1) is 12.1 Å². The van der Waals surface area contributed by atoms with E-state index in [9.17, 15) is 33.6 Å². The Morgan fingerprint density at radius 3 is 1.23 bits per heavy atom. The quantitative estimate of drug-likeness (QED) is 0.0621. The Bertz CT molecular complexity index is 3370. The Kier molecular flexibility index (Phi) is 37.3. The normalized spacial score (nSPS) is 10.6. The fraction of sp³-hybridized carbons (Fsp3) is 0.319. The minimum atomic E-state index is -0.828. The average Bonchev–Trinajstić information content (AvgIpc) is 3.58. The second-order valence-electron chi connectivity index (χ2n) is 21.4. The van der Waals surface area contributed by atoms with Crippen molar-refractivity contribution in [3.05, 3.63) is 202 Å². The largest absolute Gasteiger partial charge is 0.493 e. The molecule has 490 valence electrons. The minimum absolute atomic E-state index is 0.00458. The van der Waals surface area contributed by atoms with E-state index in [-0.39, 0.29) is 66.4 Å². The van der Waals surface area contributed by atoms with Crippen LogP contribution in [0.4, 0.5) is 0 Å². The fourth-order valence-electron chi connectivity index (χ4n) is 5.95. The zero-order valence-electron chi connectivity index (χ0n) is 54.6. The molecule has 0 aliphatic rings. The topological polar surface area (TPSA) is 193 Å². The molecule has 0 amide bonds. The summed E-state index contributed by atoms with van der Waals surface area (Å²) in [7, 11) is 1.57. The van der Waals surface area contributed by atoms with E-state index in [1.165, 1.54) is 48.5 Å². The highest BCUT2D eigenvalue weighted by molar-refractivity contribution is 6.32. The molecular formula is C72H84Cl4O15. The van der Waals surface area contributed by atoms with E-state index < -0.39 is 16.8 Å². The number of benzene rings is 7. The number of methoxy groups -OCH3 is 1. The third-order valence-corrected chi connectivity index (χ3v) is 13.0. The van der Waals surface area contributed by atoms with E-state index in [4.69, 9.17) is 84.3 Å². The summed E-state index contributed by atoms with van der Waals surface area (Å²) >= 11 is 23.1. The van der Waals surface area contributed by atoms with E-state index >= 15 is 0 Å². The van der Waals surface area contributed by atoms with Crippen LogP contribution in [0.3, 0.4) is 0 Å². The number of carbonyl (C=O) groups is 7. The molecule has 0 fully saturated rings. The maximum absolute atomic E-state index is 11.2. The Morgan fingerprint density at radius 1 is 0.385 bits per heavy atom. The van der Waals surface area contributed by atoms with Crippen molar-refractivity contribution in [3.8, 4) is 46.0 Å². The van der Waals surface area contributed by atoms with Gasteiger partial charge in [0.1, 0.15) is 54.3 Å². The van der Waals surface area contributed by atoms with E-state index in [0.717, 1.165) is 17.1 Å². The molecule has 7 aromatic carbocycles. The third-order valence-electron chi connectivity index (χ3n) is 11.9. The molecule has 0 spiro atoms. The fourth-order valence-corrected chi connectivity index (χ4v) is 6.56. The molecule has 19 heteroatoms. The summed E-state index contributed by atoms with van der Waals surface area (Å²) in [6.45, 7) is 25.0. The number of halogens is 4. The molecule has 0 aliphatic heterocycles. The number of aryl methyl sites for hydroxylation is 1. The molecule has 7 rings (SSSR count). The van der Waals surface area contributed by atoms with E-state index in [1.807, 2.05) is 85.8 Å². The number of rotatable bonds is 22. The van der Waals surface area contributed by atoms with Crippen molar-refractivity contribution in [2.75, 3.05) is 26.9 Å². The van der Waals surface area contributed by atoms with Crippen LogP contribution < -0.4 is 37.9 Å². The van der Waals surface area contributed by atoms with Crippen LogP contribution in [-0.2, 0) is 33.6 Å². The maximum Gasteiger partial charge on any atom is 0.172 e. The van der Waals surface area contributed by atoms with Gasteiger partial charge in [-0.15, -0.1) is 0 Å². The first kappa shape index (κ1) is 80.8. The molecule has 0 heterocycles. The monoisotopic (exact) mass is 1330 g/mol. The van der Waals surface area contributed by atoms with Gasteiger partial charge in [0.15, 0.2) is 74.9 Å². The van der Waals surface area contributed by atoms with Crippen LogP contribution >= 0.6 is 46.4 Å². The summed E-state index contributed by atoms with van der Waals surface area (Å²) in [5.74, 6) is 5.21. The summed E-state index contributed by atoms with van der Waals surface area (Å²) in [5, 5.41) is 2.42. The van der Waals surface area contributed by atoms with Crippen molar-refractivity contribution in [1.29, 1.82) is 0 Å². The Morgan fingerprint density at radius 2 is 0.780 bits per heavy atom. The van der Waals surface area contributed by atoms with Gasteiger partial charge >= 0.3 is 0 Å². The molecule has 7 aromatic rings. The van der Waals surface area contributed by atoms with Crippen molar-refractivity contribution in [2.45, 2.75) is 127 Å². The summed E-state index contributed by atoms with van der Waals surface area (Å²) in [5.41, 5.74) is -1.28. The van der Waals surface area contributed by atoms with Gasteiger partial charge in [-0.2, -0.15) is 0 Å². The molecule has 91 heavy (non-hydrogen) atoms. The molecule has 0 aliphatic carbocycles. The molecular weight excluding hydrogens is 1250 g/mol. The molecule has 0 N–H and O–H groups in total. The minimum Gasteiger partial charge on any atom is -0.493 e. The zero-order valence-corrected chi connectivity index (χ0v) is 57.6. The van der Waals surface area contributed by atoms with Crippen LogP contribution in [0.5, 0.6) is 46.0 Å². The first-order valence-corrected chi connectivity index (χ1v) is 30.0. The van der Waals surface area contributed by atoms with E-state index in [2.05, 4.69) is 0 Å². The lowest BCUT2D eigenvalue weighted by Gasteiger charge is -2.23. The number of hydrogen-bond acceptors (Lipinski definition) is 15. The first-order chi connectivity index (χ1) is 42.6. The maximum atomic E-state index is 11.2. The van der Waals surface area contributed by atoms with Crippen LogP contribution in [0.1, 0.15) is 102 Å². The zero-order chi connectivity index (χ0) is 68.9. The molecule has 0 bridgehead atoms. The van der Waals surface area contributed by atoms with Crippen LogP contribution in [0.15, 0.2) is 176 Å².